The summed E-state index contributed by atoms with van der Waals surface area (Å²) in [5.41, 5.74) is 0. The lowest BCUT2D eigenvalue weighted by atomic mass is 10.0. The Kier molecular flexibility index (Phi) is 49.3. The average molecular weight is 1040 g/mol. The minimum atomic E-state index is -4.47. The molecule has 0 fully saturated rings. The standard InChI is InChI=1S/C63H107N2O7P/c1-7-10-13-16-19-22-25-28-30-32-34-37-40-43-46-49-52-55-62(66)64-60(59-71-73(68,69)70-58-57-65(4,5)6)61(54-51-48-45-42-39-36-27-24-21-18-15-12-9-3)72-63(67)56-53-50-47-44-41-38-35-33-31-29-26-23-20-17-14-11-8-2/h10,13,16,19-20,22-23,25,28-32,34-35,37-38,40,51,54,60-61H,7-9,11-12,14-15,17-18,21,24,26-27,33,36,39,41-50,52-53,55-59H2,1-6H3,(H-,64,66,68,69)/p+1/b13-10-,19-16+,23-20-,25-22+,30-28-,31-29-,34-32+,38-35-,40-37+,54-51+. The third-order valence-electron chi connectivity index (χ3n) is 12.0. The van der Waals surface area contributed by atoms with Crippen molar-refractivity contribution in [1.29, 1.82) is 0 Å². The Hall–Kier alpha value is -3.59. The number of esters is 1. The predicted molar refractivity (Wildman–Crippen MR) is 313 cm³/mol. The third kappa shape index (κ3) is 53.1. The first-order valence-corrected chi connectivity index (χ1v) is 30.4. The van der Waals surface area contributed by atoms with E-state index in [0.29, 0.717) is 23.9 Å². The van der Waals surface area contributed by atoms with Crippen LogP contribution in [-0.2, 0) is 27.9 Å². The maximum absolute atomic E-state index is 13.5. The van der Waals surface area contributed by atoms with Gasteiger partial charge in [0, 0.05) is 12.8 Å². The van der Waals surface area contributed by atoms with Gasteiger partial charge in [-0.1, -0.05) is 233 Å². The van der Waals surface area contributed by atoms with Gasteiger partial charge in [-0.3, -0.25) is 18.6 Å². The third-order valence-corrected chi connectivity index (χ3v) is 13.0. The lowest BCUT2D eigenvalue weighted by Crippen LogP contribution is -2.47. The molecule has 1 amide bonds. The molecule has 0 saturated heterocycles. The number of hydrogen-bond donors (Lipinski definition) is 2. The number of phosphoric acid groups is 1. The van der Waals surface area contributed by atoms with Gasteiger partial charge in [0.05, 0.1) is 33.8 Å². The van der Waals surface area contributed by atoms with Crippen LogP contribution in [0.4, 0.5) is 0 Å². The van der Waals surface area contributed by atoms with Gasteiger partial charge in [-0.15, -0.1) is 0 Å². The largest absolute Gasteiger partial charge is 0.472 e. The van der Waals surface area contributed by atoms with Crippen molar-refractivity contribution in [2.24, 2.45) is 0 Å². The van der Waals surface area contributed by atoms with Gasteiger partial charge in [0.15, 0.2) is 0 Å². The number of carbonyl (C=O) groups excluding carboxylic acids is 2. The number of amides is 1. The molecular weight excluding hydrogens is 928 g/mol. The molecule has 3 unspecified atom stereocenters. The normalized spacial score (nSPS) is 14.7. The smallest absolute Gasteiger partial charge is 0.456 e. The maximum atomic E-state index is 13.5. The van der Waals surface area contributed by atoms with Gasteiger partial charge in [0.2, 0.25) is 5.91 Å². The van der Waals surface area contributed by atoms with Crippen molar-refractivity contribution in [2.45, 2.75) is 226 Å². The Bertz CT molecular complexity index is 1660. The van der Waals surface area contributed by atoms with Gasteiger partial charge in [-0.25, -0.2) is 4.57 Å². The number of ether oxygens (including phenoxy) is 1. The van der Waals surface area contributed by atoms with E-state index in [1.807, 2.05) is 94.1 Å². The van der Waals surface area contributed by atoms with Gasteiger partial charge in [0.1, 0.15) is 19.3 Å². The van der Waals surface area contributed by atoms with E-state index in [9.17, 15) is 19.0 Å². The van der Waals surface area contributed by atoms with Gasteiger partial charge in [0.25, 0.3) is 0 Å². The first kappa shape index (κ1) is 69.4. The molecule has 0 aliphatic heterocycles. The van der Waals surface area contributed by atoms with E-state index in [4.69, 9.17) is 13.8 Å². The molecule has 10 heteroatoms. The summed E-state index contributed by atoms with van der Waals surface area (Å²) in [6.07, 6.45) is 71.9. The minimum absolute atomic E-state index is 0.0202. The molecule has 0 aliphatic rings. The molecule has 0 radical (unpaired) electrons. The zero-order valence-electron chi connectivity index (χ0n) is 47.3. The number of nitrogens with one attached hydrogen (secondary N) is 1. The number of unbranched alkanes of at least 4 members (excludes halogenated alkanes) is 21. The second kappa shape index (κ2) is 51.9. The Morgan fingerprint density at radius 3 is 1.48 bits per heavy atom. The van der Waals surface area contributed by atoms with E-state index in [0.717, 1.165) is 83.5 Å². The van der Waals surface area contributed by atoms with Crippen LogP contribution in [0.3, 0.4) is 0 Å². The van der Waals surface area contributed by atoms with Crippen LogP contribution < -0.4 is 5.32 Å². The summed E-state index contributed by atoms with van der Waals surface area (Å²) in [6.45, 7) is 6.76. The second-order valence-corrected chi connectivity index (χ2v) is 21.7. The molecule has 0 saturated carbocycles. The first-order valence-electron chi connectivity index (χ1n) is 28.9. The molecule has 73 heavy (non-hydrogen) atoms. The predicted octanol–water partition coefficient (Wildman–Crippen LogP) is 17.5. The Morgan fingerprint density at radius 1 is 0.507 bits per heavy atom. The molecule has 0 bridgehead atoms. The zero-order valence-corrected chi connectivity index (χ0v) is 48.2. The molecular formula is C63H108N2O7P+. The molecule has 3 atom stereocenters. The fraction of sp³-hybridized carbons (Fsp3) is 0.651. The number of allylic oxidation sites excluding steroid dienone is 19. The topological polar surface area (TPSA) is 111 Å². The number of quaternary nitrogens is 1. The van der Waals surface area contributed by atoms with Crippen LogP contribution >= 0.6 is 7.82 Å². The molecule has 2 N–H and O–H groups in total. The van der Waals surface area contributed by atoms with E-state index in [1.54, 1.807) is 0 Å². The number of nitrogens with zero attached hydrogens (tertiary/aromatic N) is 1. The van der Waals surface area contributed by atoms with Crippen LogP contribution in [0.15, 0.2) is 122 Å². The fourth-order valence-electron chi connectivity index (χ4n) is 7.56. The summed E-state index contributed by atoms with van der Waals surface area (Å²) in [4.78, 5) is 37.6. The molecule has 0 aromatic heterocycles. The number of hydrogen-bond acceptors (Lipinski definition) is 6. The van der Waals surface area contributed by atoms with Crippen LogP contribution in [0.25, 0.3) is 0 Å². The number of carbonyl (C=O) groups is 2. The van der Waals surface area contributed by atoms with Gasteiger partial charge in [-0.05, 0) is 89.5 Å². The molecule has 0 heterocycles. The van der Waals surface area contributed by atoms with Crippen LogP contribution in [-0.4, -0.2) is 74.3 Å². The summed E-state index contributed by atoms with van der Waals surface area (Å²) in [6, 6.07) is -0.889. The molecule has 9 nitrogen and oxygen atoms in total. The molecule has 0 aromatic carbocycles. The molecule has 0 aliphatic carbocycles. The van der Waals surface area contributed by atoms with Crippen molar-refractivity contribution in [3.8, 4) is 0 Å². The van der Waals surface area contributed by atoms with Crippen molar-refractivity contribution in [3.05, 3.63) is 122 Å². The number of likely N-dealkylation sites (N-methyl/N-ethyl adjacent to an activating group) is 1. The average Bonchev–Trinajstić information content (AvgIpc) is 3.35. The van der Waals surface area contributed by atoms with Crippen molar-refractivity contribution in [2.75, 3.05) is 40.9 Å². The highest BCUT2D eigenvalue weighted by molar-refractivity contribution is 7.47. The van der Waals surface area contributed by atoms with Crippen LogP contribution in [0.1, 0.15) is 213 Å². The van der Waals surface area contributed by atoms with E-state index >= 15 is 0 Å². The van der Waals surface area contributed by atoms with Crippen LogP contribution in [0, 0.1) is 0 Å². The highest BCUT2D eigenvalue weighted by atomic mass is 31.2. The number of phosphoric ester groups is 1. The molecule has 416 valence electrons. The summed E-state index contributed by atoms with van der Waals surface area (Å²) in [5, 5.41) is 3.01. The van der Waals surface area contributed by atoms with E-state index < -0.39 is 20.0 Å². The van der Waals surface area contributed by atoms with Crippen molar-refractivity contribution in [1.82, 2.24) is 5.32 Å². The minimum Gasteiger partial charge on any atom is -0.456 e. The van der Waals surface area contributed by atoms with E-state index in [-0.39, 0.29) is 37.9 Å². The van der Waals surface area contributed by atoms with Gasteiger partial charge >= 0.3 is 13.8 Å². The van der Waals surface area contributed by atoms with Gasteiger partial charge < -0.3 is 19.4 Å². The first-order chi connectivity index (χ1) is 35.4. The highest BCUT2D eigenvalue weighted by Crippen LogP contribution is 2.43. The summed E-state index contributed by atoms with van der Waals surface area (Å²) in [7, 11) is 1.43. The molecule has 0 spiro atoms. The van der Waals surface area contributed by atoms with Crippen molar-refractivity contribution >= 4 is 19.7 Å². The number of rotatable bonds is 50. The van der Waals surface area contributed by atoms with Gasteiger partial charge in [-0.2, -0.15) is 0 Å². The van der Waals surface area contributed by atoms with Crippen LogP contribution in [0.2, 0.25) is 0 Å². The second-order valence-electron chi connectivity index (χ2n) is 20.2. The lowest BCUT2D eigenvalue weighted by molar-refractivity contribution is -0.870. The monoisotopic (exact) mass is 1040 g/mol. The lowest BCUT2D eigenvalue weighted by Gasteiger charge is -2.27. The van der Waals surface area contributed by atoms with Crippen molar-refractivity contribution in [3.63, 3.8) is 0 Å². The molecule has 0 rings (SSSR count). The Morgan fingerprint density at radius 2 is 0.932 bits per heavy atom. The Labute approximate surface area is 448 Å². The molecule has 0 aromatic rings. The summed E-state index contributed by atoms with van der Waals surface area (Å²) >= 11 is 0. The highest BCUT2D eigenvalue weighted by Gasteiger charge is 2.30. The summed E-state index contributed by atoms with van der Waals surface area (Å²) < 4.78 is 30.6. The summed E-state index contributed by atoms with van der Waals surface area (Å²) in [5.74, 6) is -0.591. The quantitative estimate of drug-likeness (QED) is 0.0156. The van der Waals surface area contributed by atoms with Crippen LogP contribution in [0.5, 0.6) is 0 Å². The van der Waals surface area contributed by atoms with Crippen molar-refractivity contribution < 1.29 is 37.3 Å². The van der Waals surface area contributed by atoms with E-state index in [2.05, 4.69) is 74.7 Å². The van der Waals surface area contributed by atoms with E-state index in [1.165, 1.54) is 83.5 Å². The Balaban J connectivity index is 5.52. The SMILES string of the molecule is CC\C=C/C=C/C=C/C=C\C=C\C=C\CCCCCC(=O)NC(COP(=O)(O)OCC[N+](C)(C)C)C(/C=C/CCCCCCCCCCCCC)OC(=O)CCCCCC/C=C\C/C=C\C/C=C\CCCCC. The zero-order chi connectivity index (χ0) is 53.6. The maximum Gasteiger partial charge on any atom is 0.472 e. The fourth-order valence-corrected chi connectivity index (χ4v) is 8.30.